The zero-order chi connectivity index (χ0) is 17.6. The monoisotopic (exact) mass is 351 g/mol. The maximum atomic E-state index is 6.27. The van der Waals surface area contributed by atoms with E-state index in [9.17, 15) is 0 Å². The van der Waals surface area contributed by atoms with Crippen LogP contribution in [0.1, 0.15) is 35.8 Å². The standard InChI is InChI=1S/C19H21N5O2/c1-13-21-11-14-4-10-25-19(17(14)22-13)5-8-24(9-6-19)12-16-23-18-15(26-16)3-2-7-20-18/h2-3,7,11H,4-6,8-10,12H2,1H3. The van der Waals surface area contributed by atoms with E-state index in [1.165, 1.54) is 5.56 Å². The number of aryl methyl sites for hydroxylation is 1. The largest absolute Gasteiger partial charge is 0.438 e. The molecule has 0 unspecified atom stereocenters. The molecule has 0 radical (unpaired) electrons. The quantitative estimate of drug-likeness (QED) is 0.701. The molecule has 0 N–H and O–H groups in total. The highest BCUT2D eigenvalue weighted by molar-refractivity contribution is 5.66. The molecule has 3 aromatic heterocycles. The number of fused-ring (bicyclic) bond motifs is 3. The molecule has 0 atom stereocenters. The summed E-state index contributed by atoms with van der Waals surface area (Å²) in [6, 6.07) is 3.77. The third-order valence-corrected chi connectivity index (χ3v) is 5.40. The SMILES string of the molecule is Cc1ncc2c(n1)C1(CCN(Cc3nc4ncccc4o3)CC1)OCC2. The first-order chi connectivity index (χ1) is 12.7. The minimum Gasteiger partial charge on any atom is -0.438 e. The molecule has 1 spiro atoms. The van der Waals surface area contributed by atoms with Crippen molar-refractivity contribution in [1.82, 2.24) is 24.8 Å². The number of hydrogen-bond acceptors (Lipinski definition) is 7. The Hall–Kier alpha value is -2.38. The lowest BCUT2D eigenvalue weighted by molar-refractivity contribution is -0.103. The van der Waals surface area contributed by atoms with E-state index in [1.54, 1.807) is 6.20 Å². The molecule has 0 bridgehead atoms. The number of rotatable bonds is 2. The number of aromatic nitrogens is 4. The number of oxazole rings is 1. The Labute approximate surface area is 151 Å². The molecule has 7 nitrogen and oxygen atoms in total. The Morgan fingerprint density at radius 1 is 1.19 bits per heavy atom. The first-order valence-electron chi connectivity index (χ1n) is 9.12. The van der Waals surface area contributed by atoms with E-state index in [1.807, 2.05) is 25.3 Å². The highest BCUT2D eigenvalue weighted by Gasteiger charge is 2.42. The number of pyridine rings is 1. The van der Waals surface area contributed by atoms with E-state index in [0.717, 1.165) is 62.0 Å². The topological polar surface area (TPSA) is 77.2 Å². The summed E-state index contributed by atoms with van der Waals surface area (Å²) in [4.78, 5) is 20.2. The molecular weight excluding hydrogens is 330 g/mol. The van der Waals surface area contributed by atoms with E-state index >= 15 is 0 Å². The summed E-state index contributed by atoms with van der Waals surface area (Å²) in [5.74, 6) is 1.54. The molecule has 3 aromatic rings. The van der Waals surface area contributed by atoms with Crippen molar-refractivity contribution >= 4 is 11.2 Å². The van der Waals surface area contributed by atoms with E-state index < -0.39 is 0 Å². The van der Waals surface area contributed by atoms with Gasteiger partial charge in [0.25, 0.3) is 0 Å². The van der Waals surface area contributed by atoms with Crippen molar-refractivity contribution in [2.24, 2.45) is 0 Å². The minimum absolute atomic E-state index is 0.263. The van der Waals surface area contributed by atoms with Crippen molar-refractivity contribution < 1.29 is 9.15 Å². The number of likely N-dealkylation sites (tertiary alicyclic amines) is 1. The van der Waals surface area contributed by atoms with Crippen LogP contribution in [-0.2, 0) is 23.3 Å². The van der Waals surface area contributed by atoms with Gasteiger partial charge in [-0.15, -0.1) is 0 Å². The summed E-state index contributed by atoms with van der Waals surface area (Å²) in [7, 11) is 0. The van der Waals surface area contributed by atoms with Gasteiger partial charge in [-0.3, -0.25) is 4.90 Å². The van der Waals surface area contributed by atoms with Crippen molar-refractivity contribution in [3.63, 3.8) is 0 Å². The van der Waals surface area contributed by atoms with Gasteiger partial charge in [0, 0.05) is 25.5 Å². The van der Waals surface area contributed by atoms with Crippen LogP contribution in [-0.4, -0.2) is 44.5 Å². The predicted octanol–water partition coefficient (Wildman–Crippen LogP) is 2.39. The van der Waals surface area contributed by atoms with Crippen LogP contribution in [0, 0.1) is 6.92 Å². The fraction of sp³-hybridized carbons (Fsp3) is 0.474. The van der Waals surface area contributed by atoms with Gasteiger partial charge in [0.2, 0.25) is 5.89 Å². The third kappa shape index (κ3) is 2.68. The van der Waals surface area contributed by atoms with Crippen LogP contribution in [0.3, 0.4) is 0 Å². The van der Waals surface area contributed by atoms with E-state index in [-0.39, 0.29) is 5.60 Å². The molecule has 134 valence electrons. The normalized spacial score (nSPS) is 19.7. The summed E-state index contributed by atoms with van der Waals surface area (Å²) >= 11 is 0. The van der Waals surface area contributed by atoms with E-state index in [4.69, 9.17) is 14.1 Å². The van der Waals surface area contributed by atoms with Crippen LogP contribution < -0.4 is 0 Å². The van der Waals surface area contributed by atoms with Crippen molar-refractivity contribution in [2.45, 2.75) is 38.3 Å². The Morgan fingerprint density at radius 3 is 2.92 bits per heavy atom. The molecule has 1 saturated heterocycles. The van der Waals surface area contributed by atoms with Crippen molar-refractivity contribution in [3.05, 3.63) is 47.5 Å². The van der Waals surface area contributed by atoms with Gasteiger partial charge < -0.3 is 9.15 Å². The predicted molar refractivity (Wildman–Crippen MR) is 94.4 cm³/mol. The second-order valence-electron chi connectivity index (χ2n) is 7.09. The van der Waals surface area contributed by atoms with Crippen LogP contribution in [0.5, 0.6) is 0 Å². The molecule has 2 aliphatic heterocycles. The minimum atomic E-state index is -0.263. The van der Waals surface area contributed by atoms with Gasteiger partial charge in [-0.2, -0.15) is 4.98 Å². The van der Waals surface area contributed by atoms with Crippen LogP contribution in [0.25, 0.3) is 11.2 Å². The number of ether oxygens (including phenoxy) is 1. The van der Waals surface area contributed by atoms with Gasteiger partial charge in [0.05, 0.1) is 18.8 Å². The smallest absolute Gasteiger partial charge is 0.211 e. The first-order valence-corrected chi connectivity index (χ1v) is 9.12. The molecule has 7 heteroatoms. The van der Waals surface area contributed by atoms with Crippen LogP contribution in [0.4, 0.5) is 0 Å². The molecule has 0 saturated carbocycles. The first kappa shape index (κ1) is 15.8. The molecule has 5 heterocycles. The lowest BCUT2D eigenvalue weighted by Crippen LogP contribution is -2.47. The summed E-state index contributed by atoms with van der Waals surface area (Å²) in [6.45, 7) is 5.24. The molecule has 0 aliphatic carbocycles. The van der Waals surface area contributed by atoms with E-state index in [2.05, 4.69) is 19.9 Å². The van der Waals surface area contributed by atoms with E-state index in [0.29, 0.717) is 12.2 Å². The van der Waals surface area contributed by atoms with Crippen LogP contribution in [0.2, 0.25) is 0 Å². The van der Waals surface area contributed by atoms with Crippen LogP contribution in [0.15, 0.2) is 28.9 Å². The third-order valence-electron chi connectivity index (χ3n) is 5.40. The number of piperidine rings is 1. The Bertz CT molecular complexity index is 913. The molecule has 0 amide bonds. The number of hydrogen-bond donors (Lipinski definition) is 0. The van der Waals surface area contributed by atoms with Crippen LogP contribution >= 0.6 is 0 Å². The maximum absolute atomic E-state index is 6.27. The zero-order valence-electron chi connectivity index (χ0n) is 14.8. The lowest BCUT2D eigenvalue weighted by Gasteiger charge is -2.43. The summed E-state index contributed by atoms with van der Waals surface area (Å²) in [5.41, 5.74) is 3.49. The highest BCUT2D eigenvalue weighted by Crippen LogP contribution is 2.40. The van der Waals surface area contributed by atoms with Gasteiger partial charge in [-0.1, -0.05) is 0 Å². The van der Waals surface area contributed by atoms with Crippen molar-refractivity contribution in [1.29, 1.82) is 0 Å². The fourth-order valence-corrected chi connectivity index (χ4v) is 4.02. The van der Waals surface area contributed by atoms with Gasteiger partial charge >= 0.3 is 0 Å². The molecule has 0 aromatic carbocycles. The molecule has 26 heavy (non-hydrogen) atoms. The molecular formula is C19H21N5O2. The number of nitrogens with zero attached hydrogens (tertiary/aromatic N) is 5. The summed E-state index contributed by atoms with van der Waals surface area (Å²) in [6.07, 6.45) is 6.46. The average molecular weight is 351 g/mol. The Morgan fingerprint density at radius 2 is 2.08 bits per heavy atom. The molecule has 2 aliphatic rings. The van der Waals surface area contributed by atoms with Gasteiger partial charge in [-0.25, -0.2) is 15.0 Å². The maximum Gasteiger partial charge on any atom is 0.211 e. The lowest BCUT2D eigenvalue weighted by atomic mass is 9.83. The Balaban J connectivity index is 1.33. The molecule has 1 fully saturated rings. The zero-order valence-corrected chi connectivity index (χ0v) is 14.8. The van der Waals surface area contributed by atoms with Gasteiger partial charge in [0.1, 0.15) is 11.4 Å². The highest BCUT2D eigenvalue weighted by atomic mass is 16.5. The second kappa shape index (κ2) is 6.10. The van der Waals surface area contributed by atoms with Crippen molar-refractivity contribution in [2.75, 3.05) is 19.7 Å². The van der Waals surface area contributed by atoms with Gasteiger partial charge in [0.15, 0.2) is 11.2 Å². The van der Waals surface area contributed by atoms with Crippen molar-refractivity contribution in [3.8, 4) is 0 Å². The summed E-state index contributed by atoms with van der Waals surface area (Å²) < 4.78 is 12.1. The summed E-state index contributed by atoms with van der Waals surface area (Å²) in [5, 5.41) is 0. The second-order valence-corrected chi connectivity index (χ2v) is 7.09. The van der Waals surface area contributed by atoms with Gasteiger partial charge in [-0.05, 0) is 43.9 Å². The average Bonchev–Trinajstić information content (AvgIpc) is 3.07. The molecule has 5 rings (SSSR count). The fourth-order valence-electron chi connectivity index (χ4n) is 4.02. The Kier molecular flexibility index (Phi) is 3.72.